The number of ether oxygens (including phenoxy) is 1. The number of hydrogen-bond acceptors (Lipinski definition) is 8. The van der Waals surface area contributed by atoms with Crippen molar-refractivity contribution in [3.05, 3.63) is 0 Å². The quantitative estimate of drug-likeness (QED) is 0.0862. The molecule has 0 aliphatic rings. The predicted octanol–water partition coefficient (Wildman–Crippen LogP) is 2.40. The molecule has 8 nitrogen and oxygen atoms in total. The lowest BCUT2D eigenvalue weighted by Gasteiger charge is -2.28. The average molecular weight is 465 g/mol. The number of rotatable bonds is 21. The van der Waals surface area contributed by atoms with E-state index in [1.807, 2.05) is 0 Å². The van der Waals surface area contributed by atoms with E-state index in [2.05, 4.69) is 13.8 Å². The number of esters is 1. The van der Waals surface area contributed by atoms with Gasteiger partial charge in [-0.1, -0.05) is 90.9 Å². The van der Waals surface area contributed by atoms with Crippen LogP contribution in [0.5, 0.6) is 0 Å². The van der Waals surface area contributed by atoms with Crippen molar-refractivity contribution in [2.75, 3.05) is 6.61 Å². The highest BCUT2D eigenvalue weighted by atomic mass is 16.6. The van der Waals surface area contributed by atoms with Crippen LogP contribution >= 0.6 is 0 Å². The zero-order valence-corrected chi connectivity index (χ0v) is 20.1. The summed E-state index contributed by atoms with van der Waals surface area (Å²) in [6.45, 7) is 3.48. The van der Waals surface area contributed by atoms with Crippen LogP contribution in [-0.2, 0) is 9.53 Å². The van der Waals surface area contributed by atoms with E-state index in [0.717, 1.165) is 51.4 Å². The van der Waals surface area contributed by atoms with E-state index in [1.165, 1.54) is 25.7 Å². The third-order valence-corrected chi connectivity index (χ3v) is 5.96. The van der Waals surface area contributed by atoms with Crippen LogP contribution in [0.4, 0.5) is 0 Å². The van der Waals surface area contributed by atoms with Crippen LogP contribution in [0, 0.1) is 5.92 Å². The summed E-state index contributed by atoms with van der Waals surface area (Å²) >= 11 is 0. The molecule has 0 bridgehead atoms. The van der Waals surface area contributed by atoms with Crippen LogP contribution in [0.1, 0.15) is 104 Å². The summed E-state index contributed by atoms with van der Waals surface area (Å²) in [4.78, 5) is 12.6. The van der Waals surface area contributed by atoms with Gasteiger partial charge in [0.05, 0.1) is 12.5 Å². The minimum atomic E-state index is -2.05. The highest BCUT2D eigenvalue weighted by Gasteiger charge is 2.36. The lowest BCUT2D eigenvalue weighted by Crippen LogP contribution is -2.51. The van der Waals surface area contributed by atoms with E-state index in [1.54, 1.807) is 0 Å². The lowest BCUT2D eigenvalue weighted by molar-refractivity contribution is -0.216. The van der Waals surface area contributed by atoms with E-state index in [-0.39, 0.29) is 0 Å². The maximum absolute atomic E-state index is 12.6. The molecular weight excluding hydrogens is 416 g/mol. The zero-order valence-electron chi connectivity index (χ0n) is 20.1. The summed E-state index contributed by atoms with van der Waals surface area (Å²) in [5.41, 5.74) is 0. The molecule has 0 rings (SSSR count). The number of hydrogen-bond donors (Lipinski definition) is 6. The maximum Gasteiger partial charge on any atom is 0.311 e. The first-order valence-electron chi connectivity index (χ1n) is 12.5. The largest absolute Gasteiger partial charge is 0.433 e. The Morgan fingerprint density at radius 2 is 1.09 bits per heavy atom. The molecule has 0 amide bonds. The summed E-state index contributed by atoms with van der Waals surface area (Å²) in [5, 5.41) is 57.8. The predicted molar refractivity (Wildman–Crippen MR) is 123 cm³/mol. The SMILES string of the molecule is CCCCCCCCCC(CCCCCCC)C(=O)OC(O)[C@H](O)[C@@H](O)[C@H](O)[C@H](O)CO. The molecule has 2 unspecified atom stereocenters. The van der Waals surface area contributed by atoms with Gasteiger partial charge in [-0.25, -0.2) is 0 Å². The van der Waals surface area contributed by atoms with Gasteiger partial charge in [-0.2, -0.15) is 0 Å². The van der Waals surface area contributed by atoms with Gasteiger partial charge in [0.2, 0.25) is 6.29 Å². The average Bonchev–Trinajstić information content (AvgIpc) is 2.79. The second-order valence-corrected chi connectivity index (χ2v) is 8.86. The van der Waals surface area contributed by atoms with Crippen LogP contribution in [0.2, 0.25) is 0 Å². The Morgan fingerprint density at radius 3 is 1.53 bits per heavy atom. The summed E-state index contributed by atoms with van der Waals surface area (Å²) < 4.78 is 5.00. The van der Waals surface area contributed by atoms with Gasteiger partial charge in [-0.15, -0.1) is 0 Å². The molecule has 0 aromatic carbocycles. The fourth-order valence-corrected chi connectivity index (χ4v) is 3.71. The standard InChI is InChI=1S/C24H48O8/c1-3-5-7-9-10-12-14-16-18(15-13-11-8-6-4-2)23(30)32-24(31)22(29)21(28)20(27)19(26)17-25/h18-22,24-29,31H,3-17H2,1-2H3/t18?,19-,20-,21+,22-,24?/m1/s1. The Kier molecular flexibility index (Phi) is 19.2. The van der Waals surface area contributed by atoms with E-state index < -0.39 is 49.2 Å². The van der Waals surface area contributed by atoms with Crippen molar-refractivity contribution >= 4 is 5.97 Å². The van der Waals surface area contributed by atoms with Gasteiger partial charge in [0.1, 0.15) is 24.4 Å². The van der Waals surface area contributed by atoms with Gasteiger partial charge in [-0.3, -0.25) is 4.79 Å². The Balaban J connectivity index is 4.68. The van der Waals surface area contributed by atoms with Crippen LogP contribution in [0.3, 0.4) is 0 Å². The molecule has 32 heavy (non-hydrogen) atoms. The maximum atomic E-state index is 12.6. The van der Waals surface area contributed by atoms with Crippen molar-refractivity contribution in [1.82, 2.24) is 0 Å². The van der Waals surface area contributed by atoms with Crippen molar-refractivity contribution in [2.24, 2.45) is 5.92 Å². The van der Waals surface area contributed by atoms with Crippen LogP contribution in [0.25, 0.3) is 0 Å². The van der Waals surface area contributed by atoms with Crippen LogP contribution in [0.15, 0.2) is 0 Å². The third-order valence-electron chi connectivity index (χ3n) is 5.96. The molecule has 6 N–H and O–H groups in total. The molecule has 0 radical (unpaired) electrons. The van der Waals surface area contributed by atoms with Gasteiger partial charge >= 0.3 is 5.97 Å². The third kappa shape index (κ3) is 13.7. The van der Waals surface area contributed by atoms with Gasteiger partial charge in [-0.05, 0) is 12.8 Å². The highest BCUT2D eigenvalue weighted by molar-refractivity contribution is 5.72. The van der Waals surface area contributed by atoms with Crippen molar-refractivity contribution in [3.63, 3.8) is 0 Å². The minimum absolute atomic E-state index is 0.404. The number of aliphatic hydroxyl groups is 6. The van der Waals surface area contributed by atoms with Gasteiger partial charge in [0, 0.05) is 0 Å². The van der Waals surface area contributed by atoms with Crippen molar-refractivity contribution in [2.45, 2.75) is 134 Å². The van der Waals surface area contributed by atoms with E-state index >= 15 is 0 Å². The topological polar surface area (TPSA) is 148 Å². The second-order valence-electron chi connectivity index (χ2n) is 8.86. The number of carbonyl (C=O) groups excluding carboxylic acids is 1. The van der Waals surface area contributed by atoms with Crippen molar-refractivity contribution in [3.8, 4) is 0 Å². The fourth-order valence-electron chi connectivity index (χ4n) is 3.71. The van der Waals surface area contributed by atoms with Gasteiger partial charge in [0.25, 0.3) is 0 Å². The molecule has 0 saturated heterocycles. The summed E-state index contributed by atoms with van der Waals surface area (Å²) in [6.07, 6.45) is 4.78. The molecule has 0 aromatic heterocycles. The number of aliphatic hydroxyl groups excluding tert-OH is 6. The number of carbonyl (C=O) groups is 1. The summed E-state index contributed by atoms with van der Waals surface area (Å²) in [5.74, 6) is -1.04. The Hall–Kier alpha value is -0.770. The highest BCUT2D eigenvalue weighted by Crippen LogP contribution is 2.22. The lowest BCUT2D eigenvalue weighted by atomic mass is 9.94. The molecule has 0 aliphatic heterocycles. The Bertz CT molecular complexity index is 448. The second kappa shape index (κ2) is 19.7. The van der Waals surface area contributed by atoms with Crippen molar-refractivity contribution in [1.29, 1.82) is 0 Å². The van der Waals surface area contributed by atoms with Gasteiger partial charge in [0.15, 0.2) is 0 Å². The molecule has 0 fully saturated rings. The molecule has 0 spiro atoms. The molecule has 0 heterocycles. The Morgan fingerprint density at radius 1 is 0.656 bits per heavy atom. The molecule has 0 aromatic rings. The van der Waals surface area contributed by atoms with Gasteiger partial charge < -0.3 is 35.4 Å². The van der Waals surface area contributed by atoms with Crippen molar-refractivity contribution < 1.29 is 40.2 Å². The smallest absolute Gasteiger partial charge is 0.311 e. The normalized spacial score (nSPS) is 17.4. The van der Waals surface area contributed by atoms with Crippen LogP contribution < -0.4 is 0 Å². The fraction of sp³-hybridized carbons (Fsp3) is 0.958. The molecule has 8 heteroatoms. The number of unbranched alkanes of at least 4 members (excludes halogenated alkanes) is 10. The zero-order chi connectivity index (χ0) is 24.4. The molecule has 6 atom stereocenters. The van der Waals surface area contributed by atoms with Crippen LogP contribution in [-0.4, -0.2) is 73.9 Å². The van der Waals surface area contributed by atoms with E-state index in [0.29, 0.717) is 12.8 Å². The minimum Gasteiger partial charge on any atom is -0.433 e. The summed E-state index contributed by atoms with van der Waals surface area (Å²) in [6, 6.07) is 0. The van der Waals surface area contributed by atoms with E-state index in [4.69, 9.17) is 9.84 Å². The molecule has 0 aliphatic carbocycles. The Labute approximate surface area is 193 Å². The van der Waals surface area contributed by atoms with E-state index in [9.17, 15) is 30.3 Å². The molecule has 192 valence electrons. The first kappa shape index (κ1) is 31.2. The molecular formula is C24H48O8. The monoisotopic (exact) mass is 464 g/mol. The first-order valence-corrected chi connectivity index (χ1v) is 12.5. The molecule has 0 saturated carbocycles. The first-order chi connectivity index (χ1) is 15.3. The summed E-state index contributed by atoms with van der Waals surface area (Å²) in [7, 11) is 0.